The number of aryl methyl sites for hydroxylation is 1. The van der Waals surface area contributed by atoms with E-state index in [4.69, 9.17) is 0 Å². The van der Waals surface area contributed by atoms with E-state index in [1.807, 2.05) is 31.2 Å². The van der Waals surface area contributed by atoms with Gasteiger partial charge in [0.1, 0.15) is 11.4 Å². The third-order valence-electron chi connectivity index (χ3n) is 3.74. The van der Waals surface area contributed by atoms with Gasteiger partial charge in [-0.2, -0.15) is 0 Å². The van der Waals surface area contributed by atoms with Crippen LogP contribution in [0.4, 0.5) is 5.82 Å². The van der Waals surface area contributed by atoms with Crippen LogP contribution >= 0.6 is 0 Å². The van der Waals surface area contributed by atoms with Gasteiger partial charge in [-0.3, -0.25) is 4.79 Å². The van der Waals surface area contributed by atoms with Gasteiger partial charge in [0.2, 0.25) is 0 Å². The molecule has 124 valence electrons. The second-order valence-corrected chi connectivity index (χ2v) is 5.58. The number of carboxylic acids is 1. The summed E-state index contributed by atoms with van der Waals surface area (Å²) < 4.78 is 0. The number of carboxylic acid groups (broad SMARTS) is 1. The molecule has 1 aromatic heterocycles. The monoisotopic (exact) mass is 332 g/mol. The third kappa shape index (κ3) is 3.72. The first-order valence-corrected chi connectivity index (χ1v) is 7.72. The Morgan fingerprint density at radius 1 is 0.920 bits per heavy atom. The largest absolute Gasteiger partial charge is 0.478 e. The first-order valence-electron chi connectivity index (χ1n) is 7.72. The van der Waals surface area contributed by atoms with Crippen molar-refractivity contribution in [3.63, 3.8) is 0 Å². The lowest BCUT2D eigenvalue weighted by molar-refractivity contribution is 0.0697. The molecule has 3 aromatic rings. The Balaban J connectivity index is 1.98. The Bertz CT molecular complexity index is 919. The summed E-state index contributed by atoms with van der Waals surface area (Å²) in [5.74, 6) is -1.53. The number of amides is 1. The number of nitrogens with zero attached hydrogens (tertiary/aromatic N) is 1. The van der Waals surface area contributed by atoms with Crippen molar-refractivity contribution in [2.24, 2.45) is 0 Å². The summed E-state index contributed by atoms with van der Waals surface area (Å²) in [6, 6.07) is 19.4. The molecule has 0 radical (unpaired) electrons. The van der Waals surface area contributed by atoms with Crippen LogP contribution in [0.25, 0.3) is 11.3 Å². The Kier molecular flexibility index (Phi) is 4.57. The summed E-state index contributed by atoms with van der Waals surface area (Å²) in [7, 11) is 0. The molecule has 0 aliphatic heterocycles. The summed E-state index contributed by atoms with van der Waals surface area (Å²) in [5, 5.41) is 12.0. The number of benzene rings is 2. The number of carbonyl (C=O) groups is 2. The third-order valence-corrected chi connectivity index (χ3v) is 3.74. The normalized spacial score (nSPS) is 10.3. The maximum atomic E-state index is 12.3. The summed E-state index contributed by atoms with van der Waals surface area (Å²) in [6.45, 7) is 1.98. The van der Waals surface area contributed by atoms with Gasteiger partial charge in [0.15, 0.2) is 0 Å². The van der Waals surface area contributed by atoms with Crippen LogP contribution < -0.4 is 5.32 Å². The van der Waals surface area contributed by atoms with Crippen molar-refractivity contribution in [2.75, 3.05) is 5.32 Å². The molecule has 2 aromatic carbocycles. The van der Waals surface area contributed by atoms with Gasteiger partial charge < -0.3 is 10.4 Å². The summed E-state index contributed by atoms with van der Waals surface area (Å²) in [6.07, 6.45) is 0. The Labute approximate surface area is 145 Å². The van der Waals surface area contributed by atoms with E-state index in [0.29, 0.717) is 11.3 Å². The molecule has 5 nitrogen and oxygen atoms in total. The number of aromatic nitrogens is 1. The molecule has 0 saturated carbocycles. The van der Waals surface area contributed by atoms with Crippen LogP contribution in [0.5, 0.6) is 0 Å². The van der Waals surface area contributed by atoms with Gasteiger partial charge in [0.05, 0.1) is 5.69 Å². The van der Waals surface area contributed by atoms with Crippen molar-refractivity contribution in [2.45, 2.75) is 6.92 Å². The van der Waals surface area contributed by atoms with Crippen LogP contribution in [0.1, 0.15) is 26.3 Å². The van der Waals surface area contributed by atoms with E-state index in [1.54, 1.807) is 36.4 Å². The highest BCUT2D eigenvalue weighted by Gasteiger charge is 2.16. The summed E-state index contributed by atoms with van der Waals surface area (Å²) in [4.78, 5) is 28.1. The number of hydrogen-bond acceptors (Lipinski definition) is 3. The van der Waals surface area contributed by atoms with Crippen molar-refractivity contribution in [3.8, 4) is 11.3 Å². The molecule has 0 aliphatic carbocycles. The highest BCUT2D eigenvalue weighted by Crippen LogP contribution is 2.23. The van der Waals surface area contributed by atoms with Gasteiger partial charge in [-0.05, 0) is 31.2 Å². The van der Waals surface area contributed by atoms with Crippen LogP contribution in [0, 0.1) is 6.92 Å². The quantitative estimate of drug-likeness (QED) is 0.756. The number of hydrogen-bond donors (Lipinski definition) is 2. The van der Waals surface area contributed by atoms with Gasteiger partial charge in [0.25, 0.3) is 5.91 Å². The van der Waals surface area contributed by atoms with Gasteiger partial charge in [-0.25, -0.2) is 9.78 Å². The van der Waals surface area contributed by atoms with Crippen LogP contribution in [-0.4, -0.2) is 22.0 Å². The average Bonchev–Trinajstić information content (AvgIpc) is 2.63. The van der Waals surface area contributed by atoms with Crippen molar-refractivity contribution in [3.05, 3.63) is 83.4 Å². The molecule has 1 heterocycles. The lowest BCUT2D eigenvalue weighted by Gasteiger charge is -2.10. The molecule has 3 rings (SSSR count). The lowest BCUT2D eigenvalue weighted by Crippen LogP contribution is -2.16. The maximum Gasteiger partial charge on any atom is 0.339 e. The molecular formula is C20H16N2O3. The van der Waals surface area contributed by atoms with E-state index < -0.39 is 11.9 Å². The SMILES string of the molecule is Cc1ccc(-c2ccc(C(=O)O)c(NC(=O)c3ccccc3)n2)cc1. The lowest BCUT2D eigenvalue weighted by atomic mass is 10.1. The molecule has 0 aliphatic rings. The predicted molar refractivity (Wildman–Crippen MR) is 95.8 cm³/mol. The van der Waals surface area contributed by atoms with Gasteiger partial charge in [0, 0.05) is 11.1 Å². The first-order chi connectivity index (χ1) is 12.0. The average molecular weight is 332 g/mol. The number of rotatable bonds is 4. The highest BCUT2D eigenvalue weighted by molar-refractivity contribution is 6.07. The molecule has 0 bridgehead atoms. The highest BCUT2D eigenvalue weighted by atomic mass is 16.4. The summed E-state index contributed by atoms with van der Waals surface area (Å²) in [5.41, 5.74) is 2.93. The minimum absolute atomic E-state index is 0.0272. The first kappa shape index (κ1) is 16.4. The zero-order chi connectivity index (χ0) is 17.8. The smallest absolute Gasteiger partial charge is 0.339 e. The van der Waals surface area contributed by atoms with Crippen LogP contribution in [-0.2, 0) is 0 Å². The van der Waals surface area contributed by atoms with E-state index in [0.717, 1.165) is 11.1 Å². The molecule has 0 unspecified atom stereocenters. The molecule has 0 spiro atoms. The van der Waals surface area contributed by atoms with Gasteiger partial charge in [-0.1, -0.05) is 48.0 Å². The minimum Gasteiger partial charge on any atom is -0.478 e. The van der Waals surface area contributed by atoms with E-state index in [9.17, 15) is 14.7 Å². The number of aromatic carboxylic acids is 1. The van der Waals surface area contributed by atoms with Crippen LogP contribution in [0.2, 0.25) is 0 Å². The number of carbonyl (C=O) groups excluding carboxylic acids is 1. The zero-order valence-corrected chi connectivity index (χ0v) is 13.6. The van der Waals surface area contributed by atoms with E-state index in [2.05, 4.69) is 10.3 Å². The molecule has 25 heavy (non-hydrogen) atoms. The Morgan fingerprint density at radius 3 is 2.24 bits per heavy atom. The molecule has 2 N–H and O–H groups in total. The second-order valence-electron chi connectivity index (χ2n) is 5.58. The zero-order valence-electron chi connectivity index (χ0n) is 13.6. The molecule has 0 fully saturated rings. The van der Waals surface area contributed by atoms with Crippen molar-refractivity contribution >= 4 is 17.7 Å². The van der Waals surface area contributed by atoms with Crippen molar-refractivity contribution < 1.29 is 14.7 Å². The van der Waals surface area contributed by atoms with Crippen LogP contribution in [0.15, 0.2) is 66.7 Å². The standard InChI is InChI=1S/C20H16N2O3/c1-13-7-9-14(10-8-13)17-12-11-16(20(24)25)18(21-17)22-19(23)15-5-3-2-4-6-15/h2-12H,1H3,(H,24,25)(H,21,22,23). The molecule has 5 heteroatoms. The fourth-order valence-electron chi connectivity index (χ4n) is 2.38. The molecular weight excluding hydrogens is 316 g/mol. The second kappa shape index (κ2) is 6.97. The maximum absolute atomic E-state index is 12.3. The topological polar surface area (TPSA) is 79.3 Å². The van der Waals surface area contributed by atoms with Gasteiger partial charge >= 0.3 is 5.97 Å². The fourth-order valence-corrected chi connectivity index (χ4v) is 2.38. The molecule has 1 amide bonds. The number of anilines is 1. The number of pyridine rings is 1. The van der Waals surface area contributed by atoms with Crippen molar-refractivity contribution in [1.82, 2.24) is 4.98 Å². The molecule has 0 saturated heterocycles. The molecule has 0 atom stereocenters. The van der Waals surface area contributed by atoms with Crippen LogP contribution in [0.3, 0.4) is 0 Å². The predicted octanol–water partition coefficient (Wildman–Crippen LogP) is 4.01. The van der Waals surface area contributed by atoms with Gasteiger partial charge in [-0.15, -0.1) is 0 Å². The minimum atomic E-state index is -1.15. The Hall–Kier alpha value is -3.47. The van der Waals surface area contributed by atoms with E-state index >= 15 is 0 Å². The number of nitrogens with one attached hydrogen (secondary N) is 1. The van der Waals surface area contributed by atoms with E-state index in [-0.39, 0.29) is 11.4 Å². The van der Waals surface area contributed by atoms with E-state index in [1.165, 1.54) is 6.07 Å². The Morgan fingerprint density at radius 2 is 1.60 bits per heavy atom. The fraction of sp³-hybridized carbons (Fsp3) is 0.0500. The summed E-state index contributed by atoms with van der Waals surface area (Å²) >= 11 is 0. The van der Waals surface area contributed by atoms with Crippen molar-refractivity contribution in [1.29, 1.82) is 0 Å².